The highest BCUT2D eigenvalue weighted by Crippen LogP contribution is 2.27. The fourth-order valence-electron chi connectivity index (χ4n) is 3.67. The van der Waals surface area contributed by atoms with Crippen LogP contribution in [-0.2, 0) is 22.4 Å². The van der Waals surface area contributed by atoms with Crippen LogP contribution in [0, 0.1) is 0 Å². The molecule has 0 spiro atoms. The predicted molar refractivity (Wildman–Crippen MR) is 112 cm³/mol. The molecule has 1 amide bonds. The number of hydrogen-bond donors (Lipinski definition) is 0. The first kappa shape index (κ1) is 19.2. The number of carbonyl (C=O) groups is 1. The SMILES string of the molecule is CSc1ccc(CCC(=O)N2CCCc3cnc(N4CCOCC4)nc32)cc1. The summed E-state index contributed by atoms with van der Waals surface area (Å²) in [6.07, 6.45) is 7.10. The second kappa shape index (κ2) is 8.92. The zero-order valence-electron chi connectivity index (χ0n) is 16.3. The fraction of sp³-hybridized carbons (Fsp3) is 0.476. The Morgan fingerprint density at radius 2 is 1.96 bits per heavy atom. The third-order valence-corrected chi connectivity index (χ3v) is 6.04. The van der Waals surface area contributed by atoms with E-state index in [0.29, 0.717) is 25.6 Å². The number of thioether (sulfide) groups is 1. The average molecular weight is 399 g/mol. The van der Waals surface area contributed by atoms with Gasteiger partial charge in [-0.1, -0.05) is 12.1 Å². The van der Waals surface area contributed by atoms with Crippen molar-refractivity contribution in [2.45, 2.75) is 30.6 Å². The van der Waals surface area contributed by atoms with Crippen LogP contribution in [0.25, 0.3) is 0 Å². The van der Waals surface area contributed by atoms with Crippen LogP contribution in [0.4, 0.5) is 11.8 Å². The second-order valence-corrected chi connectivity index (χ2v) is 7.99. The molecule has 2 aliphatic heterocycles. The molecule has 0 bridgehead atoms. The number of carbonyl (C=O) groups excluding carboxylic acids is 1. The summed E-state index contributed by atoms with van der Waals surface area (Å²) in [6.45, 7) is 3.70. The first-order valence-corrected chi connectivity index (χ1v) is 11.1. The Kier molecular flexibility index (Phi) is 6.12. The number of aromatic nitrogens is 2. The Labute approximate surface area is 170 Å². The molecule has 0 radical (unpaired) electrons. The van der Waals surface area contributed by atoms with Gasteiger partial charge in [0.25, 0.3) is 0 Å². The molecule has 0 saturated carbocycles. The maximum Gasteiger partial charge on any atom is 0.228 e. The van der Waals surface area contributed by atoms with Crippen LogP contribution in [0.1, 0.15) is 24.0 Å². The molecule has 2 aromatic rings. The zero-order valence-corrected chi connectivity index (χ0v) is 17.1. The quantitative estimate of drug-likeness (QED) is 0.722. The van der Waals surface area contributed by atoms with Gasteiger partial charge < -0.3 is 9.64 Å². The molecule has 1 fully saturated rings. The van der Waals surface area contributed by atoms with E-state index in [0.717, 1.165) is 50.3 Å². The Bertz CT molecular complexity index is 822. The van der Waals surface area contributed by atoms with Gasteiger partial charge in [0.2, 0.25) is 11.9 Å². The normalized spacial score (nSPS) is 16.8. The number of anilines is 2. The number of morpholine rings is 1. The maximum absolute atomic E-state index is 13.0. The number of rotatable bonds is 5. The van der Waals surface area contributed by atoms with Crippen molar-refractivity contribution in [2.75, 3.05) is 48.9 Å². The monoisotopic (exact) mass is 398 g/mol. The van der Waals surface area contributed by atoms with Crippen molar-refractivity contribution in [1.82, 2.24) is 9.97 Å². The van der Waals surface area contributed by atoms with E-state index in [2.05, 4.69) is 40.4 Å². The van der Waals surface area contributed by atoms with Gasteiger partial charge in [-0.2, -0.15) is 4.98 Å². The van der Waals surface area contributed by atoms with E-state index in [1.54, 1.807) is 11.8 Å². The molecule has 1 aromatic carbocycles. The number of amides is 1. The molecule has 7 heteroatoms. The topological polar surface area (TPSA) is 58.6 Å². The summed E-state index contributed by atoms with van der Waals surface area (Å²) in [5, 5.41) is 0. The summed E-state index contributed by atoms with van der Waals surface area (Å²) in [5.74, 6) is 1.64. The molecule has 1 aromatic heterocycles. The summed E-state index contributed by atoms with van der Waals surface area (Å²) in [4.78, 5) is 27.5. The van der Waals surface area contributed by atoms with Crippen molar-refractivity contribution in [1.29, 1.82) is 0 Å². The van der Waals surface area contributed by atoms with Gasteiger partial charge in [0.15, 0.2) is 0 Å². The molecular formula is C21H26N4O2S. The van der Waals surface area contributed by atoms with E-state index in [1.807, 2.05) is 11.1 Å². The molecule has 28 heavy (non-hydrogen) atoms. The maximum atomic E-state index is 13.0. The minimum absolute atomic E-state index is 0.140. The second-order valence-electron chi connectivity index (χ2n) is 7.12. The minimum Gasteiger partial charge on any atom is -0.378 e. The first-order chi connectivity index (χ1) is 13.7. The van der Waals surface area contributed by atoms with Crippen molar-refractivity contribution < 1.29 is 9.53 Å². The lowest BCUT2D eigenvalue weighted by Gasteiger charge is -2.31. The van der Waals surface area contributed by atoms with Gasteiger partial charge in [-0.15, -0.1) is 11.8 Å². The number of nitrogens with zero attached hydrogens (tertiary/aromatic N) is 4. The lowest BCUT2D eigenvalue weighted by molar-refractivity contribution is -0.118. The molecule has 3 heterocycles. The number of fused-ring (bicyclic) bond motifs is 1. The molecular weight excluding hydrogens is 372 g/mol. The van der Waals surface area contributed by atoms with Gasteiger partial charge in [-0.25, -0.2) is 4.98 Å². The van der Waals surface area contributed by atoms with Crippen LogP contribution < -0.4 is 9.80 Å². The molecule has 4 rings (SSSR count). The predicted octanol–water partition coefficient (Wildman–Crippen LogP) is 2.95. The Morgan fingerprint density at radius 3 is 2.71 bits per heavy atom. The molecule has 0 atom stereocenters. The third-order valence-electron chi connectivity index (χ3n) is 5.29. The zero-order chi connectivity index (χ0) is 19.3. The summed E-state index contributed by atoms with van der Waals surface area (Å²) in [7, 11) is 0. The highest BCUT2D eigenvalue weighted by atomic mass is 32.2. The van der Waals surface area contributed by atoms with E-state index in [-0.39, 0.29) is 5.91 Å². The standard InChI is InChI=1S/C21H26N4O2S/c1-28-18-7-4-16(5-8-18)6-9-19(26)25-10-2-3-17-15-22-21(23-20(17)25)24-11-13-27-14-12-24/h4-5,7-8,15H,2-3,6,9-14H2,1H3. The number of aryl methyl sites for hydroxylation is 2. The summed E-state index contributed by atoms with van der Waals surface area (Å²) in [5.41, 5.74) is 2.26. The van der Waals surface area contributed by atoms with Crippen LogP contribution in [-0.4, -0.2) is 55.0 Å². The third kappa shape index (κ3) is 4.31. The van der Waals surface area contributed by atoms with Gasteiger partial charge in [-0.05, 0) is 43.2 Å². The highest BCUT2D eigenvalue weighted by Gasteiger charge is 2.26. The molecule has 148 valence electrons. The molecule has 2 aliphatic rings. The van der Waals surface area contributed by atoms with Crippen molar-refractivity contribution in [3.05, 3.63) is 41.6 Å². The van der Waals surface area contributed by atoms with Gasteiger partial charge >= 0.3 is 0 Å². The highest BCUT2D eigenvalue weighted by molar-refractivity contribution is 7.98. The van der Waals surface area contributed by atoms with Gasteiger partial charge in [0.1, 0.15) is 5.82 Å². The lowest BCUT2D eigenvalue weighted by atomic mass is 10.1. The van der Waals surface area contributed by atoms with E-state index in [9.17, 15) is 4.79 Å². The Morgan fingerprint density at radius 1 is 1.18 bits per heavy atom. The van der Waals surface area contributed by atoms with Crippen LogP contribution in [0.2, 0.25) is 0 Å². The summed E-state index contributed by atoms with van der Waals surface area (Å²) >= 11 is 1.73. The molecule has 1 saturated heterocycles. The van der Waals surface area contributed by atoms with E-state index in [1.165, 1.54) is 10.5 Å². The van der Waals surface area contributed by atoms with Gasteiger partial charge in [0, 0.05) is 42.7 Å². The van der Waals surface area contributed by atoms with Crippen LogP contribution in [0.15, 0.2) is 35.4 Å². The van der Waals surface area contributed by atoms with Crippen LogP contribution in [0.5, 0.6) is 0 Å². The number of benzene rings is 1. The first-order valence-electron chi connectivity index (χ1n) is 9.86. The van der Waals surface area contributed by atoms with Crippen LogP contribution >= 0.6 is 11.8 Å². The van der Waals surface area contributed by atoms with Crippen molar-refractivity contribution in [3.63, 3.8) is 0 Å². The van der Waals surface area contributed by atoms with E-state index in [4.69, 9.17) is 9.72 Å². The fourth-order valence-corrected chi connectivity index (χ4v) is 4.08. The average Bonchev–Trinajstić information content (AvgIpc) is 2.77. The molecule has 6 nitrogen and oxygen atoms in total. The molecule has 0 N–H and O–H groups in total. The number of hydrogen-bond acceptors (Lipinski definition) is 6. The molecule has 0 unspecified atom stereocenters. The number of ether oxygens (including phenoxy) is 1. The Hall–Kier alpha value is -2.12. The van der Waals surface area contributed by atoms with Crippen molar-refractivity contribution >= 4 is 29.4 Å². The van der Waals surface area contributed by atoms with Crippen molar-refractivity contribution in [3.8, 4) is 0 Å². The smallest absolute Gasteiger partial charge is 0.228 e. The Balaban J connectivity index is 1.46. The van der Waals surface area contributed by atoms with E-state index >= 15 is 0 Å². The van der Waals surface area contributed by atoms with Crippen molar-refractivity contribution in [2.24, 2.45) is 0 Å². The summed E-state index contributed by atoms with van der Waals surface area (Å²) in [6, 6.07) is 8.45. The largest absolute Gasteiger partial charge is 0.378 e. The van der Waals surface area contributed by atoms with Gasteiger partial charge in [0.05, 0.1) is 13.2 Å². The van der Waals surface area contributed by atoms with Crippen LogP contribution in [0.3, 0.4) is 0 Å². The molecule has 0 aliphatic carbocycles. The lowest BCUT2D eigenvalue weighted by Crippen LogP contribution is -2.39. The van der Waals surface area contributed by atoms with E-state index < -0.39 is 0 Å². The minimum atomic E-state index is 0.140. The van der Waals surface area contributed by atoms with Gasteiger partial charge in [-0.3, -0.25) is 9.69 Å². The summed E-state index contributed by atoms with van der Waals surface area (Å²) < 4.78 is 5.42.